The first kappa shape index (κ1) is 17.5. The minimum atomic E-state index is -0.576. The first-order valence-electron chi connectivity index (χ1n) is 7.84. The summed E-state index contributed by atoms with van der Waals surface area (Å²) in [5.41, 5.74) is 2.30. The summed E-state index contributed by atoms with van der Waals surface area (Å²) in [5.74, 6) is -0.683. The van der Waals surface area contributed by atoms with Crippen LogP contribution in [-0.2, 0) is 16.1 Å². The number of ether oxygens (including phenoxy) is 1. The number of rotatable bonds is 6. The van der Waals surface area contributed by atoms with Crippen LogP contribution in [0.2, 0.25) is 0 Å². The molecule has 2 rings (SSSR count). The molecule has 0 aliphatic rings. The number of carbonyl (C=O) groups excluding carboxylic acids is 1. The highest BCUT2D eigenvalue weighted by Gasteiger charge is 2.22. The Labute approximate surface area is 142 Å². The molecular formula is C20H21NO3. The van der Waals surface area contributed by atoms with Crippen molar-refractivity contribution in [1.29, 1.82) is 0 Å². The maximum Gasteiger partial charge on any atom is 0.343 e. The molecule has 0 saturated heterocycles. The number of nitrogens with zero attached hydrogens (tertiary/aromatic N) is 1. The molecule has 4 heteroatoms. The Kier molecular flexibility index (Phi) is 6.32. The third-order valence-electron chi connectivity index (χ3n) is 3.39. The van der Waals surface area contributed by atoms with Gasteiger partial charge in [0.25, 0.3) is 0 Å². The van der Waals surface area contributed by atoms with Gasteiger partial charge in [-0.05, 0) is 19.4 Å². The Hall–Kier alpha value is -2.88. The second-order valence-electron chi connectivity index (χ2n) is 5.20. The fourth-order valence-electron chi connectivity index (χ4n) is 2.28. The van der Waals surface area contributed by atoms with Crippen LogP contribution in [-0.4, -0.2) is 23.4 Å². The zero-order chi connectivity index (χ0) is 17.4. The molecular weight excluding hydrogens is 302 g/mol. The molecule has 0 aromatic heterocycles. The summed E-state index contributed by atoms with van der Waals surface area (Å²) in [4.78, 5) is 16.9. The maximum atomic E-state index is 12.3. The van der Waals surface area contributed by atoms with Crippen molar-refractivity contribution in [2.75, 3.05) is 6.61 Å². The van der Waals surface area contributed by atoms with E-state index < -0.39 is 5.97 Å². The van der Waals surface area contributed by atoms with Crippen LogP contribution in [0.1, 0.15) is 25.0 Å². The van der Waals surface area contributed by atoms with E-state index in [-0.39, 0.29) is 17.9 Å². The number of carbonyl (C=O) groups is 1. The molecule has 0 aliphatic carbocycles. The summed E-state index contributed by atoms with van der Waals surface area (Å²) in [5, 5.41) is 10.0. The van der Waals surface area contributed by atoms with Crippen molar-refractivity contribution < 1.29 is 14.6 Å². The highest BCUT2D eigenvalue weighted by Crippen LogP contribution is 2.16. The van der Waals surface area contributed by atoms with Crippen LogP contribution < -0.4 is 0 Å². The molecule has 2 aromatic carbocycles. The zero-order valence-electron chi connectivity index (χ0n) is 13.9. The summed E-state index contributed by atoms with van der Waals surface area (Å²) in [6.45, 7) is 3.83. The molecule has 0 fully saturated rings. The Morgan fingerprint density at radius 1 is 1.04 bits per heavy atom. The lowest BCUT2D eigenvalue weighted by Gasteiger charge is -2.12. The normalized spacial score (nSPS) is 12.5. The van der Waals surface area contributed by atoms with E-state index in [4.69, 9.17) is 4.74 Å². The number of allylic oxidation sites excluding steroid dienone is 1. The fourth-order valence-corrected chi connectivity index (χ4v) is 2.28. The smallest absolute Gasteiger partial charge is 0.343 e. The van der Waals surface area contributed by atoms with Gasteiger partial charge >= 0.3 is 5.97 Å². The molecule has 2 aromatic rings. The Balaban J connectivity index is 2.46. The molecule has 0 saturated carbocycles. The van der Waals surface area contributed by atoms with E-state index in [1.165, 1.54) is 6.92 Å². The molecule has 0 aliphatic heterocycles. The molecule has 0 bridgehead atoms. The van der Waals surface area contributed by atoms with Crippen LogP contribution in [0.15, 0.2) is 77.0 Å². The number of hydrogen-bond acceptors (Lipinski definition) is 4. The van der Waals surface area contributed by atoms with Crippen molar-refractivity contribution >= 4 is 11.7 Å². The number of aliphatic hydroxyl groups is 1. The van der Waals surface area contributed by atoms with Crippen LogP contribution in [0.25, 0.3) is 0 Å². The average molecular weight is 323 g/mol. The quantitative estimate of drug-likeness (QED) is 0.377. The van der Waals surface area contributed by atoms with Gasteiger partial charge in [0, 0.05) is 5.56 Å². The van der Waals surface area contributed by atoms with Gasteiger partial charge in [-0.15, -0.1) is 0 Å². The zero-order valence-corrected chi connectivity index (χ0v) is 13.9. The predicted octanol–water partition coefficient (Wildman–Crippen LogP) is 4.07. The monoisotopic (exact) mass is 323 g/mol. The van der Waals surface area contributed by atoms with E-state index in [1.807, 2.05) is 60.7 Å². The van der Waals surface area contributed by atoms with Crippen molar-refractivity contribution in [2.45, 2.75) is 20.4 Å². The van der Waals surface area contributed by atoms with Crippen LogP contribution in [0.5, 0.6) is 0 Å². The van der Waals surface area contributed by atoms with Gasteiger partial charge in [0.15, 0.2) is 0 Å². The van der Waals surface area contributed by atoms with Gasteiger partial charge in [-0.3, -0.25) is 4.99 Å². The fraction of sp³-hybridized carbons (Fsp3) is 0.200. The number of esters is 1. The SMILES string of the molecule is CCOC(=O)C(C(=NCc1ccccc1)c1ccccc1)=C(C)O. The molecule has 0 atom stereocenters. The topological polar surface area (TPSA) is 58.9 Å². The highest BCUT2D eigenvalue weighted by molar-refractivity contribution is 6.27. The van der Waals surface area contributed by atoms with Crippen molar-refractivity contribution in [1.82, 2.24) is 0 Å². The van der Waals surface area contributed by atoms with E-state index in [0.717, 1.165) is 11.1 Å². The first-order chi connectivity index (χ1) is 11.6. The third-order valence-corrected chi connectivity index (χ3v) is 3.39. The lowest BCUT2D eigenvalue weighted by Crippen LogP contribution is -2.19. The summed E-state index contributed by atoms with van der Waals surface area (Å²) in [6.07, 6.45) is 0. The molecule has 0 amide bonds. The van der Waals surface area contributed by atoms with Crippen LogP contribution in [0.3, 0.4) is 0 Å². The van der Waals surface area contributed by atoms with Gasteiger partial charge in [-0.25, -0.2) is 4.79 Å². The van der Waals surface area contributed by atoms with Crippen LogP contribution in [0, 0.1) is 0 Å². The standard InChI is InChI=1S/C20H21NO3/c1-3-24-20(23)18(15(2)22)19(17-12-8-5-9-13-17)21-14-16-10-6-4-7-11-16/h4-13,22H,3,14H2,1-2H3. The summed E-state index contributed by atoms with van der Waals surface area (Å²) < 4.78 is 5.08. The highest BCUT2D eigenvalue weighted by atomic mass is 16.5. The molecule has 0 heterocycles. The molecule has 1 N–H and O–H groups in total. The second-order valence-corrected chi connectivity index (χ2v) is 5.20. The average Bonchev–Trinajstić information content (AvgIpc) is 2.60. The largest absolute Gasteiger partial charge is 0.512 e. The lowest BCUT2D eigenvalue weighted by molar-refractivity contribution is -0.138. The summed E-state index contributed by atoms with van der Waals surface area (Å²) in [6, 6.07) is 19.1. The molecule has 4 nitrogen and oxygen atoms in total. The van der Waals surface area contributed by atoms with E-state index in [2.05, 4.69) is 4.99 Å². The van der Waals surface area contributed by atoms with Gasteiger partial charge in [0.05, 0.1) is 18.9 Å². The Bertz CT molecular complexity index is 730. The number of aliphatic hydroxyl groups excluding tert-OH is 1. The van der Waals surface area contributed by atoms with Crippen molar-refractivity contribution in [2.24, 2.45) is 4.99 Å². The van der Waals surface area contributed by atoms with E-state index in [1.54, 1.807) is 6.92 Å². The van der Waals surface area contributed by atoms with E-state index >= 15 is 0 Å². The van der Waals surface area contributed by atoms with Gasteiger partial charge in [-0.1, -0.05) is 60.7 Å². The summed E-state index contributed by atoms with van der Waals surface area (Å²) in [7, 11) is 0. The Morgan fingerprint density at radius 3 is 2.17 bits per heavy atom. The van der Waals surface area contributed by atoms with Crippen LogP contribution >= 0.6 is 0 Å². The predicted molar refractivity (Wildman–Crippen MR) is 95.1 cm³/mol. The van der Waals surface area contributed by atoms with E-state index in [0.29, 0.717) is 12.3 Å². The minimum Gasteiger partial charge on any atom is -0.512 e. The van der Waals surface area contributed by atoms with Crippen molar-refractivity contribution in [3.63, 3.8) is 0 Å². The van der Waals surface area contributed by atoms with Gasteiger partial charge < -0.3 is 9.84 Å². The lowest BCUT2D eigenvalue weighted by atomic mass is 10.0. The molecule has 24 heavy (non-hydrogen) atoms. The van der Waals surface area contributed by atoms with Crippen molar-refractivity contribution in [3.8, 4) is 0 Å². The van der Waals surface area contributed by atoms with Gasteiger partial charge in [0.2, 0.25) is 0 Å². The van der Waals surface area contributed by atoms with Crippen LogP contribution in [0.4, 0.5) is 0 Å². The first-order valence-corrected chi connectivity index (χ1v) is 7.84. The molecule has 0 radical (unpaired) electrons. The minimum absolute atomic E-state index is 0.0963. The van der Waals surface area contributed by atoms with E-state index in [9.17, 15) is 9.90 Å². The number of aliphatic imine (C=N–C) groups is 1. The maximum absolute atomic E-state index is 12.3. The molecule has 0 unspecified atom stereocenters. The molecule has 124 valence electrons. The van der Waals surface area contributed by atoms with Crippen molar-refractivity contribution in [3.05, 3.63) is 83.1 Å². The number of hydrogen-bond donors (Lipinski definition) is 1. The second kappa shape index (κ2) is 8.67. The van der Waals surface area contributed by atoms with Gasteiger partial charge in [0.1, 0.15) is 11.3 Å². The number of benzene rings is 2. The van der Waals surface area contributed by atoms with Gasteiger partial charge in [-0.2, -0.15) is 0 Å². The Morgan fingerprint density at radius 2 is 1.62 bits per heavy atom. The summed E-state index contributed by atoms with van der Waals surface area (Å²) >= 11 is 0. The third kappa shape index (κ3) is 4.56. The molecule has 0 spiro atoms.